The van der Waals surface area contributed by atoms with E-state index in [2.05, 4.69) is 15.5 Å². The van der Waals surface area contributed by atoms with Gasteiger partial charge in [-0.25, -0.2) is 4.68 Å². The molecule has 3 rings (SSSR count). The largest absolute Gasteiger partial charge is 0.493 e. The number of hydrogen-bond donors (Lipinski definition) is 0. The molecular weight excluding hydrogens is 346 g/mol. The second-order valence-corrected chi connectivity index (χ2v) is 5.36. The van der Waals surface area contributed by atoms with E-state index in [9.17, 15) is 4.79 Å². The van der Waals surface area contributed by atoms with E-state index in [0.29, 0.717) is 22.7 Å². The summed E-state index contributed by atoms with van der Waals surface area (Å²) in [6.45, 7) is -0.0678. The van der Waals surface area contributed by atoms with E-state index in [1.54, 1.807) is 42.5 Å². The Bertz CT molecular complexity index is 1010. The number of hydrogen-bond acceptors (Lipinski definition) is 7. The highest BCUT2D eigenvalue weighted by atomic mass is 16.5. The molecule has 0 aliphatic carbocycles. The maximum Gasteiger partial charge on any atom is 0.185 e. The lowest BCUT2D eigenvalue weighted by Crippen LogP contribution is -1.99. The summed E-state index contributed by atoms with van der Waals surface area (Å²) in [4.78, 5) is 12.5. The molecule has 0 amide bonds. The van der Waals surface area contributed by atoms with E-state index < -0.39 is 0 Å². The standard InChI is InChI=1S/C19H15N5O3/c1-26-19-11-14(6-8-18(19)27-10-9-20)5-7-17(25)15-3-2-4-16(12-15)24-13-21-22-23-24/h2-8,11-13H,10H2,1H3/b7-5+. The van der Waals surface area contributed by atoms with Crippen molar-refractivity contribution < 1.29 is 14.3 Å². The van der Waals surface area contributed by atoms with E-state index in [0.717, 1.165) is 5.56 Å². The molecule has 3 aromatic rings. The van der Waals surface area contributed by atoms with Crippen molar-refractivity contribution >= 4 is 11.9 Å². The third-order valence-corrected chi connectivity index (χ3v) is 3.65. The molecule has 2 aromatic carbocycles. The predicted octanol–water partition coefficient (Wildman–Crippen LogP) is 2.47. The molecule has 0 spiro atoms. The summed E-state index contributed by atoms with van der Waals surface area (Å²) in [5.41, 5.74) is 1.97. The van der Waals surface area contributed by atoms with Crippen molar-refractivity contribution in [3.05, 3.63) is 66.0 Å². The molecule has 27 heavy (non-hydrogen) atoms. The summed E-state index contributed by atoms with van der Waals surface area (Å²) in [5, 5.41) is 19.6. The Morgan fingerprint density at radius 2 is 2.15 bits per heavy atom. The fourth-order valence-electron chi connectivity index (χ4n) is 2.37. The summed E-state index contributed by atoms with van der Waals surface area (Å²) < 4.78 is 12.0. The van der Waals surface area contributed by atoms with Crippen LogP contribution in [0.15, 0.2) is 54.9 Å². The van der Waals surface area contributed by atoms with Crippen LogP contribution in [0, 0.1) is 11.3 Å². The second-order valence-electron chi connectivity index (χ2n) is 5.36. The monoisotopic (exact) mass is 361 g/mol. The number of benzene rings is 2. The summed E-state index contributed by atoms with van der Waals surface area (Å²) in [7, 11) is 1.51. The van der Waals surface area contributed by atoms with E-state index >= 15 is 0 Å². The van der Waals surface area contributed by atoms with Crippen LogP contribution in [0.4, 0.5) is 0 Å². The molecule has 1 aromatic heterocycles. The van der Waals surface area contributed by atoms with Gasteiger partial charge >= 0.3 is 0 Å². The van der Waals surface area contributed by atoms with Crippen LogP contribution in [0.25, 0.3) is 11.8 Å². The molecule has 8 nitrogen and oxygen atoms in total. The maximum absolute atomic E-state index is 12.5. The summed E-state index contributed by atoms with van der Waals surface area (Å²) in [5.74, 6) is 0.797. The first-order valence-electron chi connectivity index (χ1n) is 7.95. The second kappa shape index (κ2) is 8.40. The molecule has 0 atom stereocenters. The molecule has 0 N–H and O–H groups in total. The third-order valence-electron chi connectivity index (χ3n) is 3.65. The van der Waals surface area contributed by atoms with Crippen molar-refractivity contribution in [1.29, 1.82) is 5.26 Å². The zero-order chi connectivity index (χ0) is 19.1. The normalized spacial score (nSPS) is 10.5. The van der Waals surface area contributed by atoms with E-state index in [-0.39, 0.29) is 12.4 Å². The van der Waals surface area contributed by atoms with Crippen molar-refractivity contribution in [2.75, 3.05) is 13.7 Å². The zero-order valence-corrected chi connectivity index (χ0v) is 14.4. The average molecular weight is 361 g/mol. The zero-order valence-electron chi connectivity index (χ0n) is 14.4. The highest BCUT2D eigenvalue weighted by Gasteiger charge is 2.07. The number of carbonyl (C=O) groups is 1. The van der Waals surface area contributed by atoms with Crippen molar-refractivity contribution in [2.45, 2.75) is 0 Å². The van der Waals surface area contributed by atoms with Gasteiger partial charge in [-0.15, -0.1) is 5.10 Å². The fourth-order valence-corrected chi connectivity index (χ4v) is 2.37. The Morgan fingerprint density at radius 3 is 2.89 bits per heavy atom. The quantitative estimate of drug-likeness (QED) is 0.470. The van der Waals surface area contributed by atoms with Crippen molar-refractivity contribution in [1.82, 2.24) is 20.2 Å². The Balaban J connectivity index is 1.77. The third kappa shape index (κ3) is 4.35. The number of carbonyl (C=O) groups excluding carboxylic acids is 1. The number of rotatable bonds is 7. The molecule has 1 heterocycles. The maximum atomic E-state index is 12.5. The SMILES string of the molecule is COc1cc(/C=C/C(=O)c2cccc(-n3cnnn3)c2)ccc1OCC#N. The number of aromatic nitrogens is 4. The van der Waals surface area contributed by atoms with Crippen molar-refractivity contribution in [2.24, 2.45) is 0 Å². The molecule has 0 unspecified atom stereocenters. The van der Waals surface area contributed by atoms with Crippen LogP contribution in [-0.2, 0) is 0 Å². The van der Waals surface area contributed by atoms with Crippen molar-refractivity contribution in [3.63, 3.8) is 0 Å². The molecule has 0 saturated carbocycles. The number of nitriles is 1. The smallest absolute Gasteiger partial charge is 0.185 e. The lowest BCUT2D eigenvalue weighted by atomic mass is 10.1. The van der Waals surface area contributed by atoms with E-state index in [1.807, 2.05) is 12.1 Å². The van der Waals surface area contributed by atoms with Crippen LogP contribution in [0.2, 0.25) is 0 Å². The first-order chi connectivity index (χ1) is 13.2. The van der Waals surface area contributed by atoms with Gasteiger partial charge in [-0.1, -0.05) is 24.3 Å². The van der Waals surface area contributed by atoms with Crippen LogP contribution in [0.1, 0.15) is 15.9 Å². The molecule has 8 heteroatoms. The first kappa shape index (κ1) is 17.8. The Labute approximate surface area is 155 Å². The van der Waals surface area contributed by atoms with Gasteiger partial charge in [0.2, 0.25) is 0 Å². The average Bonchev–Trinajstić information content (AvgIpc) is 3.25. The minimum Gasteiger partial charge on any atom is -0.493 e. The highest BCUT2D eigenvalue weighted by Crippen LogP contribution is 2.28. The van der Waals surface area contributed by atoms with E-state index in [1.165, 1.54) is 24.2 Å². The van der Waals surface area contributed by atoms with Gasteiger partial charge in [0.15, 0.2) is 23.9 Å². The van der Waals surface area contributed by atoms with E-state index in [4.69, 9.17) is 14.7 Å². The first-order valence-corrected chi connectivity index (χ1v) is 7.95. The minimum atomic E-state index is -0.159. The van der Waals surface area contributed by atoms with Gasteiger partial charge in [0.25, 0.3) is 0 Å². The lowest BCUT2D eigenvalue weighted by molar-refractivity contribution is 0.104. The fraction of sp³-hybridized carbons (Fsp3) is 0.105. The molecule has 0 saturated heterocycles. The molecule has 0 fully saturated rings. The van der Waals surface area contributed by atoms with Crippen molar-refractivity contribution in [3.8, 4) is 23.3 Å². The van der Waals surface area contributed by atoms with Gasteiger partial charge < -0.3 is 9.47 Å². The number of ether oxygens (including phenoxy) is 2. The van der Waals surface area contributed by atoms with Gasteiger partial charge in [-0.05, 0) is 46.3 Å². The number of allylic oxidation sites excluding steroid dienone is 1. The summed E-state index contributed by atoms with van der Waals surface area (Å²) in [6, 6.07) is 14.1. The predicted molar refractivity (Wildman–Crippen MR) is 96.6 cm³/mol. The van der Waals surface area contributed by atoms with Crippen LogP contribution < -0.4 is 9.47 Å². The van der Waals surface area contributed by atoms with Crippen LogP contribution in [-0.4, -0.2) is 39.7 Å². The molecular formula is C19H15N5O3. The molecule has 134 valence electrons. The topological polar surface area (TPSA) is 103 Å². The molecule has 0 bridgehead atoms. The Kier molecular flexibility index (Phi) is 5.54. The number of nitrogens with zero attached hydrogens (tertiary/aromatic N) is 5. The summed E-state index contributed by atoms with van der Waals surface area (Å²) in [6.07, 6.45) is 4.62. The Hall–Kier alpha value is -3.99. The van der Waals surface area contributed by atoms with Gasteiger partial charge in [-0.2, -0.15) is 5.26 Å². The summed E-state index contributed by atoms with van der Waals surface area (Å²) >= 11 is 0. The number of ketones is 1. The van der Waals surface area contributed by atoms with Gasteiger partial charge in [-0.3, -0.25) is 4.79 Å². The highest BCUT2D eigenvalue weighted by molar-refractivity contribution is 6.07. The number of methoxy groups -OCH3 is 1. The molecule has 0 aliphatic heterocycles. The Morgan fingerprint density at radius 1 is 1.26 bits per heavy atom. The molecule has 0 aliphatic rings. The number of tetrazole rings is 1. The van der Waals surface area contributed by atoms with Gasteiger partial charge in [0.1, 0.15) is 12.4 Å². The van der Waals surface area contributed by atoms with Crippen LogP contribution in [0.3, 0.4) is 0 Å². The van der Waals surface area contributed by atoms with Gasteiger partial charge in [0.05, 0.1) is 12.8 Å². The van der Waals surface area contributed by atoms with Gasteiger partial charge in [0, 0.05) is 5.56 Å². The van der Waals surface area contributed by atoms with Crippen LogP contribution >= 0.6 is 0 Å². The minimum absolute atomic E-state index is 0.0678. The lowest BCUT2D eigenvalue weighted by Gasteiger charge is -2.08. The molecule has 0 radical (unpaired) electrons. The van der Waals surface area contributed by atoms with Crippen LogP contribution in [0.5, 0.6) is 11.5 Å².